The third kappa shape index (κ3) is 2.39. The van der Waals surface area contributed by atoms with Gasteiger partial charge in [-0.3, -0.25) is 4.79 Å². The first-order valence-corrected chi connectivity index (χ1v) is 7.64. The second kappa shape index (κ2) is 5.42. The zero-order valence-corrected chi connectivity index (χ0v) is 12.3. The van der Waals surface area contributed by atoms with Crippen molar-refractivity contribution in [2.75, 3.05) is 18.9 Å². The van der Waals surface area contributed by atoms with Crippen LogP contribution in [0.5, 0.6) is 0 Å². The summed E-state index contributed by atoms with van der Waals surface area (Å²) in [6, 6.07) is 6.18. The molecule has 4 nitrogen and oxygen atoms in total. The van der Waals surface area contributed by atoms with Gasteiger partial charge in [0.25, 0.3) is 5.91 Å². The summed E-state index contributed by atoms with van der Waals surface area (Å²) in [7, 11) is 0. The monoisotopic (exact) mass is 290 g/mol. The van der Waals surface area contributed by atoms with Crippen molar-refractivity contribution >= 4 is 33.0 Å². The molecule has 1 aliphatic heterocycles. The lowest BCUT2D eigenvalue weighted by Gasteiger charge is -2.22. The van der Waals surface area contributed by atoms with Crippen molar-refractivity contribution in [3.8, 4) is 0 Å². The highest BCUT2D eigenvalue weighted by atomic mass is 32.1. The smallest absolute Gasteiger partial charge is 0.263 e. The highest BCUT2D eigenvalue weighted by molar-refractivity contribution is 7.21. The van der Waals surface area contributed by atoms with E-state index >= 15 is 0 Å². The van der Waals surface area contributed by atoms with Crippen molar-refractivity contribution in [2.45, 2.75) is 25.8 Å². The molecule has 3 rings (SSSR count). The Labute approximate surface area is 121 Å². The Kier molecular flexibility index (Phi) is 3.63. The number of benzene rings is 1. The maximum atomic E-state index is 12.4. The van der Waals surface area contributed by atoms with E-state index in [-0.39, 0.29) is 11.9 Å². The van der Waals surface area contributed by atoms with Gasteiger partial charge in [-0.1, -0.05) is 18.2 Å². The van der Waals surface area contributed by atoms with Crippen LogP contribution in [-0.2, 0) is 4.74 Å². The third-order valence-corrected chi connectivity index (χ3v) is 5.07. The van der Waals surface area contributed by atoms with Crippen molar-refractivity contribution in [3.05, 3.63) is 28.6 Å². The standard InChI is InChI=1S/C15H18N2O2S/c1-9-3-2-4-11-12(16)14(20-13(9)11)15(18)17-10-5-7-19-8-6-10/h2-4,10H,5-8,16H2,1H3,(H,17,18). The Hall–Kier alpha value is -1.59. The van der Waals surface area contributed by atoms with Crippen molar-refractivity contribution in [1.82, 2.24) is 5.32 Å². The number of nitrogens with two attached hydrogens (primary N) is 1. The second-order valence-corrected chi connectivity index (χ2v) is 6.18. The summed E-state index contributed by atoms with van der Waals surface area (Å²) < 4.78 is 6.40. The number of aryl methyl sites for hydroxylation is 1. The lowest BCUT2D eigenvalue weighted by molar-refractivity contribution is 0.0699. The van der Waals surface area contributed by atoms with E-state index in [4.69, 9.17) is 10.5 Å². The molecule has 1 saturated heterocycles. The van der Waals surface area contributed by atoms with Gasteiger partial charge in [0.2, 0.25) is 0 Å². The fourth-order valence-corrected chi connectivity index (χ4v) is 3.63. The minimum Gasteiger partial charge on any atom is -0.397 e. The minimum absolute atomic E-state index is 0.0602. The number of nitrogens with one attached hydrogen (secondary N) is 1. The van der Waals surface area contributed by atoms with Gasteiger partial charge in [-0.05, 0) is 25.3 Å². The molecule has 2 heterocycles. The summed E-state index contributed by atoms with van der Waals surface area (Å²) in [5, 5.41) is 4.05. The number of rotatable bonds is 2. The van der Waals surface area contributed by atoms with E-state index in [1.54, 1.807) is 0 Å². The zero-order valence-electron chi connectivity index (χ0n) is 11.4. The van der Waals surface area contributed by atoms with E-state index in [2.05, 4.69) is 5.32 Å². The number of hydrogen-bond acceptors (Lipinski definition) is 4. The molecule has 3 N–H and O–H groups in total. The summed E-state index contributed by atoms with van der Waals surface area (Å²) in [4.78, 5) is 13.0. The van der Waals surface area contributed by atoms with Gasteiger partial charge in [-0.15, -0.1) is 11.3 Å². The molecule has 2 aromatic rings. The number of fused-ring (bicyclic) bond motifs is 1. The molecule has 1 fully saturated rings. The van der Waals surface area contributed by atoms with Crippen LogP contribution in [0, 0.1) is 6.92 Å². The summed E-state index contributed by atoms with van der Waals surface area (Å²) in [6.07, 6.45) is 1.74. The molecule has 0 radical (unpaired) electrons. The number of carbonyl (C=O) groups is 1. The van der Waals surface area contributed by atoms with Crippen LogP contribution in [0.25, 0.3) is 10.1 Å². The summed E-state index contributed by atoms with van der Waals surface area (Å²) in [5.41, 5.74) is 7.89. The highest BCUT2D eigenvalue weighted by Gasteiger charge is 2.21. The van der Waals surface area contributed by atoms with Crippen LogP contribution in [0.2, 0.25) is 0 Å². The van der Waals surface area contributed by atoms with E-state index in [9.17, 15) is 4.79 Å². The molecule has 1 aromatic carbocycles. The number of ether oxygens (including phenoxy) is 1. The first-order valence-electron chi connectivity index (χ1n) is 6.83. The Morgan fingerprint density at radius 3 is 2.85 bits per heavy atom. The number of hydrogen-bond donors (Lipinski definition) is 2. The topological polar surface area (TPSA) is 64.4 Å². The molecule has 0 spiro atoms. The number of thiophene rings is 1. The molecule has 0 unspecified atom stereocenters. The van der Waals surface area contributed by atoms with E-state index < -0.39 is 0 Å². The SMILES string of the molecule is Cc1cccc2c(N)c(C(=O)NC3CCOCC3)sc12. The molecule has 20 heavy (non-hydrogen) atoms. The van der Waals surface area contributed by atoms with Crippen LogP contribution in [0.1, 0.15) is 28.1 Å². The van der Waals surface area contributed by atoms with E-state index in [1.165, 1.54) is 11.3 Å². The van der Waals surface area contributed by atoms with Crippen LogP contribution in [0.4, 0.5) is 5.69 Å². The molecule has 1 aliphatic rings. The lowest BCUT2D eigenvalue weighted by atomic mass is 10.1. The van der Waals surface area contributed by atoms with Crippen LogP contribution < -0.4 is 11.1 Å². The molecular formula is C15H18N2O2S. The van der Waals surface area contributed by atoms with Crippen LogP contribution in [0.3, 0.4) is 0 Å². The number of nitrogen functional groups attached to an aromatic ring is 1. The normalized spacial score (nSPS) is 16.4. The van der Waals surface area contributed by atoms with Crippen LogP contribution in [0.15, 0.2) is 18.2 Å². The fraction of sp³-hybridized carbons (Fsp3) is 0.400. The first kappa shape index (κ1) is 13.4. The first-order chi connectivity index (χ1) is 9.66. The minimum atomic E-state index is -0.0602. The number of amides is 1. The third-order valence-electron chi connectivity index (χ3n) is 3.71. The van der Waals surface area contributed by atoms with Gasteiger partial charge in [0.15, 0.2) is 0 Å². The predicted molar refractivity (Wildman–Crippen MR) is 82.3 cm³/mol. The summed E-state index contributed by atoms with van der Waals surface area (Å²) in [6.45, 7) is 3.47. The predicted octanol–water partition coefficient (Wildman–Crippen LogP) is 2.70. The summed E-state index contributed by atoms with van der Waals surface area (Å²) >= 11 is 1.48. The van der Waals surface area contributed by atoms with Gasteiger partial charge >= 0.3 is 0 Å². The molecule has 1 aromatic heterocycles. The molecule has 1 amide bonds. The number of carbonyl (C=O) groups excluding carboxylic acids is 1. The van der Waals surface area contributed by atoms with Crippen molar-refractivity contribution in [1.29, 1.82) is 0 Å². The van der Waals surface area contributed by atoms with E-state index in [0.717, 1.165) is 28.5 Å². The molecule has 5 heteroatoms. The lowest BCUT2D eigenvalue weighted by Crippen LogP contribution is -2.38. The quantitative estimate of drug-likeness (QED) is 0.894. The molecule has 106 valence electrons. The molecule has 0 bridgehead atoms. The summed E-state index contributed by atoms with van der Waals surface area (Å²) in [5.74, 6) is -0.0602. The largest absolute Gasteiger partial charge is 0.397 e. The van der Waals surface area contributed by atoms with Gasteiger partial charge in [0.05, 0.1) is 5.69 Å². The van der Waals surface area contributed by atoms with Gasteiger partial charge in [0.1, 0.15) is 4.88 Å². The van der Waals surface area contributed by atoms with Gasteiger partial charge in [-0.25, -0.2) is 0 Å². The van der Waals surface area contributed by atoms with E-state index in [0.29, 0.717) is 23.8 Å². The maximum Gasteiger partial charge on any atom is 0.263 e. The van der Waals surface area contributed by atoms with Crippen LogP contribution in [-0.4, -0.2) is 25.2 Å². The van der Waals surface area contributed by atoms with Crippen molar-refractivity contribution < 1.29 is 9.53 Å². The molecular weight excluding hydrogens is 272 g/mol. The Balaban J connectivity index is 1.87. The average molecular weight is 290 g/mol. The average Bonchev–Trinajstić information content (AvgIpc) is 2.79. The Bertz CT molecular complexity index is 645. The van der Waals surface area contributed by atoms with Gasteiger partial charge < -0.3 is 15.8 Å². The van der Waals surface area contributed by atoms with Gasteiger partial charge in [0, 0.05) is 29.3 Å². The van der Waals surface area contributed by atoms with Gasteiger partial charge in [-0.2, -0.15) is 0 Å². The maximum absolute atomic E-state index is 12.4. The van der Waals surface area contributed by atoms with Crippen LogP contribution >= 0.6 is 11.3 Å². The zero-order chi connectivity index (χ0) is 14.1. The molecule has 0 saturated carbocycles. The molecule has 0 atom stereocenters. The Morgan fingerprint density at radius 2 is 2.15 bits per heavy atom. The molecule has 0 aliphatic carbocycles. The van der Waals surface area contributed by atoms with Crippen molar-refractivity contribution in [3.63, 3.8) is 0 Å². The Morgan fingerprint density at radius 1 is 1.40 bits per heavy atom. The highest BCUT2D eigenvalue weighted by Crippen LogP contribution is 2.35. The fourth-order valence-electron chi connectivity index (χ4n) is 2.54. The van der Waals surface area contributed by atoms with Crippen molar-refractivity contribution in [2.24, 2.45) is 0 Å². The second-order valence-electron chi connectivity index (χ2n) is 5.16. The van der Waals surface area contributed by atoms with E-state index in [1.807, 2.05) is 25.1 Å². The number of anilines is 1.